The Bertz CT molecular complexity index is 799. The number of rotatable bonds is 3. The Hall–Kier alpha value is -1.85. The fourth-order valence-electron chi connectivity index (χ4n) is 4.22. The van der Waals surface area contributed by atoms with Gasteiger partial charge in [0.1, 0.15) is 0 Å². The first-order valence-corrected chi connectivity index (χ1v) is 9.21. The summed E-state index contributed by atoms with van der Waals surface area (Å²) in [7, 11) is 0. The van der Waals surface area contributed by atoms with E-state index in [4.69, 9.17) is 0 Å². The maximum Gasteiger partial charge on any atom is 0.272 e. The molecular formula is C20H27ClN4O. The molecule has 1 aliphatic carbocycles. The number of nitrogens with zero attached hydrogens (tertiary/aromatic N) is 1. The minimum absolute atomic E-state index is 0. The molecule has 2 aromatic rings. The van der Waals surface area contributed by atoms with E-state index in [0.29, 0.717) is 18.2 Å². The Morgan fingerprint density at radius 3 is 3.00 bits per heavy atom. The van der Waals surface area contributed by atoms with Crippen LogP contribution in [0.4, 0.5) is 0 Å². The Kier molecular flexibility index (Phi) is 5.39. The molecule has 140 valence electrons. The van der Waals surface area contributed by atoms with Crippen molar-refractivity contribution < 1.29 is 4.79 Å². The summed E-state index contributed by atoms with van der Waals surface area (Å²) in [6.45, 7) is 6.94. The molecule has 2 heterocycles. The molecule has 1 aromatic heterocycles. The average molecular weight is 375 g/mol. The van der Waals surface area contributed by atoms with Crippen molar-refractivity contribution in [3.05, 3.63) is 52.3 Å². The molecule has 26 heavy (non-hydrogen) atoms. The topological polar surface area (TPSA) is 69.8 Å². The molecule has 2 aliphatic rings. The maximum atomic E-state index is 12.6. The lowest BCUT2D eigenvalue weighted by molar-refractivity contribution is 0.0943. The van der Waals surface area contributed by atoms with Crippen LogP contribution in [0.1, 0.15) is 65.5 Å². The third-order valence-corrected chi connectivity index (χ3v) is 5.78. The van der Waals surface area contributed by atoms with Gasteiger partial charge in [-0.3, -0.25) is 9.89 Å². The molecule has 0 saturated carbocycles. The number of hydrogen-bond acceptors (Lipinski definition) is 3. The van der Waals surface area contributed by atoms with Gasteiger partial charge in [-0.2, -0.15) is 5.10 Å². The molecule has 0 fully saturated rings. The number of aromatic amines is 1. The summed E-state index contributed by atoms with van der Waals surface area (Å²) < 4.78 is 0. The zero-order chi connectivity index (χ0) is 17.4. The minimum atomic E-state index is -0.0662. The van der Waals surface area contributed by atoms with Gasteiger partial charge >= 0.3 is 0 Å². The van der Waals surface area contributed by atoms with Gasteiger partial charge in [-0.25, -0.2) is 0 Å². The lowest BCUT2D eigenvalue weighted by Crippen LogP contribution is -2.34. The average Bonchev–Trinajstić information content (AvgIpc) is 3.05. The molecule has 1 aliphatic heterocycles. The minimum Gasteiger partial charge on any atom is -0.350 e. The summed E-state index contributed by atoms with van der Waals surface area (Å²) in [5.41, 5.74) is 5.67. The highest BCUT2D eigenvalue weighted by atomic mass is 35.5. The predicted octanol–water partition coefficient (Wildman–Crippen LogP) is 3.06. The van der Waals surface area contributed by atoms with Crippen molar-refractivity contribution in [2.45, 2.75) is 51.0 Å². The van der Waals surface area contributed by atoms with Crippen LogP contribution in [0, 0.1) is 0 Å². The molecule has 4 rings (SSSR count). The van der Waals surface area contributed by atoms with Crippen LogP contribution in [0.25, 0.3) is 0 Å². The van der Waals surface area contributed by atoms with E-state index < -0.39 is 0 Å². The number of fused-ring (bicyclic) bond motifs is 2. The highest BCUT2D eigenvalue weighted by Gasteiger charge is 2.32. The van der Waals surface area contributed by atoms with Crippen LogP contribution in [0.15, 0.2) is 24.3 Å². The SMILES string of the molecule is CC1(C)CCC(CNC(=O)c2n[nH]c3c2CNCC3)c2ccccc21.Cl. The van der Waals surface area contributed by atoms with Crippen LogP contribution < -0.4 is 10.6 Å². The molecule has 1 unspecified atom stereocenters. The fraction of sp³-hybridized carbons (Fsp3) is 0.500. The van der Waals surface area contributed by atoms with Gasteiger partial charge in [0.2, 0.25) is 0 Å². The van der Waals surface area contributed by atoms with E-state index in [1.54, 1.807) is 0 Å². The van der Waals surface area contributed by atoms with E-state index in [0.717, 1.165) is 43.6 Å². The molecule has 0 radical (unpaired) electrons. The van der Waals surface area contributed by atoms with Crippen LogP contribution in [-0.4, -0.2) is 29.2 Å². The summed E-state index contributed by atoms with van der Waals surface area (Å²) >= 11 is 0. The normalized spacial score (nSPS) is 20.5. The van der Waals surface area contributed by atoms with Gasteiger partial charge in [0.15, 0.2) is 5.69 Å². The number of aromatic nitrogens is 2. The van der Waals surface area contributed by atoms with E-state index in [2.05, 4.69) is 58.9 Å². The zero-order valence-corrected chi connectivity index (χ0v) is 16.2. The second kappa shape index (κ2) is 7.41. The van der Waals surface area contributed by atoms with Crippen LogP contribution in [-0.2, 0) is 18.4 Å². The van der Waals surface area contributed by atoms with Crippen LogP contribution in [0.2, 0.25) is 0 Å². The van der Waals surface area contributed by atoms with E-state index in [9.17, 15) is 4.79 Å². The van der Waals surface area contributed by atoms with Gasteiger partial charge < -0.3 is 10.6 Å². The number of hydrogen-bond donors (Lipinski definition) is 3. The van der Waals surface area contributed by atoms with Crippen LogP contribution >= 0.6 is 12.4 Å². The number of carbonyl (C=O) groups excluding carboxylic acids is 1. The Morgan fingerprint density at radius 2 is 2.15 bits per heavy atom. The van der Waals surface area contributed by atoms with Gasteiger partial charge in [-0.1, -0.05) is 38.1 Å². The second-order valence-electron chi connectivity index (χ2n) is 7.87. The fourth-order valence-corrected chi connectivity index (χ4v) is 4.22. The van der Waals surface area contributed by atoms with Crippen molar-refractivity contribution >= 4 is 18.3 Å². The smallest absolute Gasteiger partial charge is 0.272 e. The monoisotopic (exact) mass is 374 g/mol. The summed E-state index contributed by atoms with van der Waals surface area (Å²) in [6, 6.07) is 8.67. The lowest BCUT2D eigenvalue weighted by atomic mass is 9.69. The Balaban J connectivity index is 0.00000196. The van der Waals surface area contributed by atoms with Crippen molar-refractivity contribution in [3.8, 4) is 0 Å². The first-order valence-electron chi connectivity index (χ1n) is 9.21. The first kappa shape index (κ1) is 18.9. The van der Waals surface area contributed by atoms with E-state index in [1.165, 1.54) is 11.1 Å². The summed E-state index contributed by atoms with van der Waals surface area (Å²) in [4.78, 5) is 12.6. The highest BCUT2D eigenvalue weighted by Crippen LogP contribution is 2.42. The molecule has 1 aromatic carbocycles. The molecule has 0 spiro atoms. The third kappa shape index (κ3) is 3.38. The standard InChI is InChI=1S/C20H26N4O.ClH/c1-20(2)9-7-13(14-5-3-4-6-16(14)20)11-22-19(25)18-15-12-21-10-8-17(15)23-24-18;/h3-6,13,21H,7-12H2,1-2H3,(H,22,25)(H,23,24);1H. The molecule has 1 atom stereocenters. The highest BCUT2D eigenvalue weighted by molar-refractivity contribution is 5.94. The number of halogens is 1. The number of H-pyrrole nitrogens is 1. The maximum absolute atomic E-state index is 12.6. The Morgan fingerprint density at radius 1 is 1.35 bits per heavy atom. The summed E-state index contributed by atoms with van der Waals surface area (Å²) in [5.74, 6) is 0.310. The second-order valence-corrected chi connectivity index (χ2v) is 7.87. The zero-order valence-electron chi connectivity index (χ0n) is 15.4. The summed E-state index contributed by atoms with van der Waals surface area (Å²) in [5, 5.41) is 13.7. The molecule has 0 saturated heterocycles. The number of carbonyl (C=O) groups is 1. The van der Waals surface area contributed by atoms with Gasteiger partial charge in [-0.15, -0.1) is 12.4 Å². The van der Waals surface area contributed by atoms with Crippen LogP contribution in [0.3, 0.4) is 0 Å². The van der Waals surface area contributed by atoms with Gasteiger partial charge in [-0.05, 0) is 29.4 Å². The van der Waals surface area contributed by atoms with Crippen molar-refractivity contribution in [1.82, 2.24) is 20.8 Å². The van der Waals surface area contributed by atoms with Crippen molar-refractivity contribution in [2.75, 3.05) is 13.1 Å². The number of nitrogens with one attached hydrogen (secondary N) is 3. The van der Waals surface area contributed by atoms with E-state index in [1.807, 2.05) is 0 Å². The van der Waals surface area contributed by atoms with Crippen LogP contribution in [0.5, 0.6) is 0 Å². The van der Waals surface area contributed by atoms with E-state index in [-0.39, 0.29) is 23.7 Å². The quantitative estimate of drug-likeness (QED) is 0.773. The molecular weight excluding hydrogens is 348 g/mol. The molecule has 0 bridgehead atoms. The van der Waals surface area contributed by atoms with E-state index >= 15 is 0 Å². The van der Waals surface area contributed by atoms with Crippen molar-refractivity contribution in [2.24, 2.45) is 0 Å². The number of amides is 1. The van der Waals surface area contributed by atoms with Gasteiger partial charge in [0.05, 0.1) is 0 Å². The molecule has 3 N–H and O–H groups in total. The predicted molar refractivity (Wildman–Crippen MR) is 105 cm³/mol. The largest absolute Gasteiger partial charge is 0.350 e. The molecule has 1 amide bonds. The lowest BCUT2D eigenvalue weighted by Gasteiger charge is -2.37. The molecule has 6 heteroatoms. The van der Waals surface area contributed by atoms with Gasteiger partial charge in [0.25, 0.3) is 5.91 Å². The summed E-state index contributed by atoms with van der Waals surface area (Å²) in [6.07, 6.45) is 3.15. The van der Waals surface area contributed by atoms with Gasteiger partial charge in [0, 0.05) is 43.2 Å². The third-order valence-electron chi connectivity index (χ3n) is 5.78. The first-order chi connectivity index (χ1) is 12.1. The van der Waals surface area contributed by atoms with Crippen molar-refractivity contribution in [1.29, 1.82) is 0 Å². The Labute approximate surface area is 160 Å². The number of benzene rings is 1. The van der Waals surface area contributed by atoms with Crippen molar-refractivity contribution in [3.63, 3.8) is 0 Å². The molecule has 5 nitrogen and oxygen atoms in total.